The molecule has 2 nitrogen and oxygen atoms in total. The van der Waals surface area contributed by atoms with E-state index in [-0.39, 0.29) is 0 Å². The molecule has 0 N–H and O–H groups in total. The quantitative estimate of drug-likeness (QED) is 0.791. The van der Waals surface area contributed by atoms with Gasteiger partial charge in [0.25, 0.3) is 0 Å². The fourth-order valence-electron chi connectivity index (χ4n) is 2.33. The van der Waals surface area contributed by atoms with Crippen LogP contribution in [0.2, 0.25) is 19.6 Å². The lowest BCUT2D eigenvalue weighted by atomic mass is 10.4. The van der Waals surface area contributed by atoms with Crippen LogP contribution in [0.4, 0.5) is 0 Å². The average molecular weight is 303 g/mol. The van der Waals surface area contributed by atoms with Crippen LogP contribution in [-0.2, 0) is 8.54 Å². The maximum absolute atomic E-state index is 6.60. The molecule has 2 rings (SSSR count). The molecule has 4 heteroatoms. The third kappa shape index (κ3) is 3.27. The molecule has 0 aromatic heterocycles. The Bertz CT molecular complexity index is 501. The van der Waals surface area contributed by atoms with Gasteiger partial charge < -0.3 is 8.54 Å². The van der Waals surface area contributed by atoms with Crippen molar-refractivity contribution in [2.75, 3.05) is 7.11 Å². The Morgan fingerprint density at radius 1 is 0.700 bits per heavy atom. The number of benzene rings is 2. The lowest BCUT2D eigenvalue weighted by molar-refractivity contribution is 0.314. The first kappa shape index (κ1) is 15.2. The van der Waals surface area contributed by atoms with Crippen molar-refractivity contribution in [1.29, 1.82) is 0 Å². The van der Waals surface area contributed by atoms with Crippen molar-refractivity contribution in [3.63, 3.8) is 0 Å². The zero-order valence-corrected chi connectivity index (χ0v) is 14.6. The summed E-state index contributed by atoms with van der Waals surface area (Å²) in [6, 6.07) is 21.1. The van der Waals surface area contributed by atoms with Crippen molar-refractivity contribution in [3.05, 3.63) is 60.7 Å². The van der Waals surface area contributed by atoms with Crippen molar-refractivity contribution in [2.45, 2.75) is 19.6 Å². The molecule has 20 heavy (non-hydrogen) atoms. The molecule has 0 amide bonds. The fourth-order valence-corrected chi connectivity index (χ4v) is 9.53. The van der Waals surface area contributed by atoms with Crippen molar-refractivity contribution in [3.8, 4) is 0 Å². The Balaban J connectivity index is 2.50. The minimum atomic E-state index is -2.22. The van der Waals surface area contributed by atoms with Crippen molar-refractivity contribution in [1.82, 2.24) is 0 Å². The van der Waals surface area contributed by atoms with Gasteiger partial charge in [-0.1, -0.05) is 60.7 Å². The zero-order chi connectivity index (χ0) is 14.6. The zero-order valence-electron chi connectivity index (χ0n) is 12.6. The van der Waals surface area contributed by atoms with Gasteiger partial charge in [-0.3, -0.25) is 0 Å². The van der Waals surface area contributed by atoms with Crippen LogP contribution in [0, 0.1) is 0 Å². The van der Waals surface area contributed by atoms with Crippen LogP contribution in [-0.4, -0.2) is 24.0 Å². The molecule has 0 saturated carbocycles. The molecule has 0 unspecified atom stereocenters. The Hall–Kier alpha value is -1.21. The first-order valence-electron chi connectivity index (χ1n) is 6.84. The minimum Gasteiger partial charge on any atom is -0.428 e. The second-order valence-electron chi connectivity index (χ2n) is 5.47. The molecule has 0 saturated heterocycles. The summed E-state index contributed by atoms with van der Waals surface area (Å²) in [5.41, 5.74) is 0. The van der Waals surface area contributed by atoms with E-state index in [9.17, 15) is 0 Å². The van der Waals surface area contributed by atoms with Gasteiger partial charge in [-0.25, -0.2) is 0 Å². The van der Waals surface area contributed by atoms with Gasteiger partial charge in [0.05, 0.1) is 0 Å². The largest absolute Gasteiger partial charge is 0.428 e. The van der Waals surface area contributed by atoms with Crippen molar-refractivity contribution < 1.29 is 8.54 Å². The number of hydrogen-bond donors (Lipinski definition) is 0. The van der Waals surface area contributed by atoms with Gasteiger partial charge in [0, 0.05) is 7.11 Å². The maximum atomic E-state index is 6.60. The van der Waals surface area contributed by atoms with Gasteiger partial charge in [-0.05, 0) is 30.0 Å². The molecule has 0 aliphatic heterocycles. The van der Waals surface area contributed by atoms with Crippen molar-refractivity contribution in [2.24, 2.45) is 0 Å². The van der Waals surface area contributed by atoms with Crippen molar-refractivity contribution >= 4 is 27.3 Å². The van der Waals surface area contributed by atoms with Gasteiger partial charge in [0.2, 0.25) is 8.32 Å². The van der Waals surface area contributed by atoms with Gasteiger partial charge in [0.1, 0.15) is 0 Å². The second kappa shape index (κ2) is 6.05. The first-order chi connectivity index (χ1) is 9.48. The Morgan fingerprint density at radius 3 is 1.45 bits per heavy atom. The molecule has 2 aromatic rings. The van der Waals surface area contributed by atoms with Crippen LogP contribution in [0.3, 0.4) is 0 Å². The molecule has 0 bridgehead atoms. The molecule has 0 aliphatic carbocycles. The summed E-state index contributed by atoms with van der Waals surface area (Å²) in [5, 5.41) is 2.56. The van der Waals surface area contributed by atoms with Crippen LogP contribution in [0.1, 0.15) is 0 Å². The Labute approximate surface area is 123 Å². The molecular weight excluding hydrogens is 280 g/mol. The van der Waals surface area contributed by atoms with E-state index < -0.39 is 16.9 Å². The van der Waals surface area contributed by atoms with E-state index in [4.69, 9.17) is 8.54 Å². The summed E-state index contributed by atoms with van der Waals surface area (Å²) in [5.74, 6) is 0. The number of hydrogen-bond acceptors (Lipinski definition) is 2. The highest BCUT2D eigenvalue weighted by molar-refractivity contribution is 7.00. The van der Waals surface area contributed by atoms with E-state index in [0.717, 1.165) is 0 Å². The third-order valence-electron chi connectivity index (χ3n) is 3.59. The Morgan fingerprint density at radius 2 is 1.10 bits per heavy atom. The van der Waals surface area contributed by atoms with E-state index in [0.29, 0.717) is 0 Å². The SMILES string of the molecule is CO[Si](C)(C)O[Si](C)(c1ccccc1)c1ccccc1. The molecule has 0 atom stereocenters. The van der Waals surface area contributed by atoms with Gasteiger partial charge in [-0.2, -0.15) is 0 Å². The topological polar surface area (TPSA) is 18.5 Å². The van der Waals surface area contributed by atoms with Gasteiger partial charge >= 0.3 is 8.56 Å². The lowest BCUT2D eigenvalue weighted by Crippen LogP contribution is -2.63. The van der Waals surface area contributed by atoms with E-state index >= 15 is 0 Å². The fraction of sp³-hybridized carbons (Fsp3) is 0.250. The molecule has 106 valence electrons. The predicted molar refractivity (Wildman–Crippen MR) is 89.3 cm³/mol. The number of rotatable bonds is 5. The molecule has 0 spiro atoms. The van der Waals surface area contributed by atoms with E-state index in [2.05, 4.69) is 68.2 Å². The summed E-state index contributed by atoms with van der Waals surface area (Å²) in [4.78, 5) is 0. The standard InChI is InChI=1S/C16H22O2Si2/c1-17-19(2,3)18-20(4,15-11-7-5-8-12-15)16-13-9-6-10-14-16/h5-14H,1-4H3. The normalized spacial score (nSPS) is 12.4. The van der Waals surface area contributed by atoms with E-state index in [1.807, 2.05) is 12.1 Å². The predicted octanol–water partition coefficient (Wildman–Crippen LogP) is 2.74. The van der Waals surface area contributed by atoms with E-state index in [1.165, 1.54) is 10.4 Å². The summed E-state index contributed by atoms with van der Waals surface area (Å²) >= 11 is 0. The lowest BCUT2D eigenvalue weighted by Gasteiger charge is -2.35. The van der Waals surface area contributed by atoms with Crippen LogP contribution >= 0.6 is 0 Å². The van der Waals surface area contributed by atoms with Gasteiger partial charge in [-0.15, -0.1) is 0 Å². The second-order valence-corrected chi connectivity index (χ2v) is 12.7. The van der Waals surface area contributed by atoms with Gasteiger partial charge in [0.15, 0.2) is 0 Å². The maximum Gasteiger partial charge on any atom is 0.321 e. The molecule has 2 aromatic carbocycles. The molecule has 0 radical (unpaired) electrons. The summed E-state index contributed by atoms with van der Waals surface area (Å²) in [6.07, 6.45) is 0. The molecule has 0 aliphatic rings. The molecular formula is C16H22O2Si2. The summed E-state index contributed by atoms with van der Waals surface area (Å²) in [6.45, 7) is 6.46. The van der Waals surface area contributed by atoms with Crippen LogP contribution in [0.25, 0.3) is 0 Å². The highest BCUT2D eigenvalue weighted by atomic mass is 28.4. The smallest absolute Gasteiger partial charge is 0.321 e. The highest BCUT2D eigenvalue weighted by Gasteiger charge is 2.40. The average Bonchev–Trinajstić information content (AvgIpc) is 2.48. The summed E-state index contributed by atoms with van der Waals surface area (Å²) < 4.78 is 12.2. The first-order valence-corrected chi connectivity index (χ1v) is 12.1. The Kier molecular flexibility index (Phi) is 4.60. The minimum absolute atomic E-state index is 1.28. The van der Waals surface area contributed by atoms with E-state index in [1.54, 1.807) is 7.11 Å². The highest BCUT2D eigenvalue weighted by Crippen LogP contribution is 2.15. The third-order valence-corrected chi connectivity index (χ3v) is 11.0. The van der Waals surface area contributed by atoms with Crippen LogP contribution in [0.15, 0.2) is 60.7 Å². The monoisotopic (exact) mass is 302 g/mol. The van der Waals surface area contributed by atoms with Crippen LogP contribution < -0.4 is 10.4 Å². The molecule has 0 heterocycles. The summed E-state index contributed by atoms with van der Waals surface area (Å²) in [7, 11) is -2.59. The molecule has 0 fully saturated rings. The van der Waals surface area contributed by atoms with Crippen LogP contribution in [0.5, 0.6) is 0 Å².